The lowest BCUT2D eigenvalue weighted by molar-refractivity contribution is 0.168. The molecule has 0 radical (unpaired) electrons. The lowest BCUT2D eigenvalue weighted by Crippen LogP contribution is -2.18. The van der Waals surface area contributed by atoms with E-state index < -0.39 is 6.10 Å². The van der Waals surface area contributed by atoms with Gasteiger partial charge in [-0.3, -0.25) is 0 Å². The van der Waals surface area contributed by atoms with E-state index in [1.165, 1.54) is 0 Å². The molecule has 13 heavy (non-hydrogen) atoms. The number of aliphatic hydroxyl groups is 1. The number of halogens is 2. The highest BCUT2D eigenvalue weighted by molar-refractivity contribution is 5.85. The summed E-state index contributed by atoms with van der Waals surface area (Å²) in [5.41, 5.74) is 0. The molecule has 0 bridgehead atoms. The van der Waals surface area contributed by atoms with E-state index in [1.54, 1.807) is 25.5 Å². The van der Waals surface area contributed by atoms with Gasteiger partial charge in [-0.1, -0.05) is 0 Å². The van der Waals surface area contributed by atoms with E-state index >= 15 is 0 Å². The third-order valence-corrected chi connectivity index (χ3v) is 1.28. The van der Waals surface area contributed by atoms with Crippen LogP contribution in [0.5, 0.6) is 0 Å². The van der Waals surface area contributed by atoms with E-state index in [0.29, 0.717) is 12.4 Å². The Morgan fingerprint density at radius 3 is 2.38 bits per heavy atom. The molecule has 0 aliphatic rings. The summed E-state index contributed by atoms with van der Waals surface area (Å²) in [4.78, 5) is 7.79. The standard InChI is InChI=1S/C7H11N3O.2ClH/c1-8-5-6(11)7-9-3-2-4-10-7;;/h2-4,6,8,11H,5H2,1H3;2*1H/t6-;;/m1../s1. The second-order valence-corrected chi connectivity index (χ2v) is 2.18. The van der Waals surface area contributed by atoms with Crippen LogP contribution in [-0.2, 0) is 0 Å². The zero-order valence-corrected chi connectivity index (χ0v) is 8.81. The normalized spacial score (nSPS) is 10.9. The first-order valence-electron chi connectivity index (χ1n) is 3.44. The first kappa shape index (κ1) is 15.1. The molecule has 1 aromatic rings. The van der Waals surface area contributed by atoms with Crippen LogP contribution in [0.15, 0.2) is 18.5 Å². The summed E-state index contributed by atoms with van der Waals surface area (Å²) in [6.45, 7) is 0.476. The summed E-state index contributed by atoms with van der Waals surface area (Å²) in [6.07, 6.45) is 2.61. The van der Waals surface area contributed by atoms with E-state index in [-0.39, 0.29) is 24.8 Å². The maximum Gasteiger partial charge on any atom is 0.158 e. The van der Waals surface area contributed by atoms with Crippen molar-refractivity contribution in [3.63, 3.8) is 0 Å². The molecule has 2 N–H and O–H groups in total. The quantitative estimate of drug-likeness (QED) is 0.791. The SMILES string of the molecule is CNC[C@@H](O)c1ncccn1.Cl.Cl. The van der Waals surface area contributed by atoms with Crippen molar-refractivity contribution in [2.24, 2.45) is 0 Å². The van der Waals surface area contributed by atoms with Gasteiger partial charge >= 0.3 is 0 Å². The van der Waals surface area contributed by atoms with Crippen LogP contribution in [-0.4, -0.2) is 28.7 Å². The molecular formula is C7H13Cl2N3O. The average molecular weight is 226 g/mol. The van der Waals surface area contributed by atoms with Crippen molar-refractivity contribution in [2.45, 2.75) is 6.10 Å². The molecule has 0 aliphatic heterocycles. The van der Waals surface area contributed by atoms with Crippen LogP contribution < -0.4 is 5.32 Å². The fourth-order valence-corrected chi connectivity index (χ4v) is 0.767. The summed E-state index contributed by atoms with van der Waals surface area (Å²) in [5.74, 6) is 0.460. The largest absolute Gasteiger partial charge is 0.384 e. The van der Waals surface area contributed by atoms with Crippen LogP contribution in [0.2, 0.25) is 0 Å². The first-order chi connectivity index (χ1) is 5.34. The highest BCUT2D eigenvalue weighted by Crippen LogP contribution is 2.02. The summed E-state index contributed by atoms with van der Waals surface area (Å²) in [5, 5.41) is 12.2. The number of nitrogens with zero attached hydrogens (tertiary/aromatic N) is 2. The molecule has 0 aliphatic carbocycles. The lowest BCUT2D eigenvalue weighted by atomic mass is 10.3. The van der Waals surface area contributed by atoms with E-state index in [2.05, 4.69) is 15.3 Å². The van der Waals surface area contributed by atoms with Crippen LogP contribution in [0.4, 0.5) is 0 Å². The molecule has 6 heteroatoms. The van der Waals surface area contributed by atoms with E-state index in [9.17, 15) is 5.11 Å². The highest BCUT2D eigenvalue weighted by Gasteiger charge is 2.06. The smallest absolute Gasteiger partial charge is 0.158 e. The van der Waals surface area contributed by atoms with Gasteiger partial charge in [0.05, 0.1) is 0 Å². The Bertz CT molecular complexity index is 210. The molecule has 0 saturated carbocycles. The van der Waals surface area contributed by atoms with Crippen molar-refractivity contribution in [3.8, 4) is 0 Å². The maximum atomic E-state index is 9.33. The molecule has 1 atom stereocenters. The zero-order valence-electron chi connectivity index (χ0n) is 7.17. The van der Waals surface area contributed by atoms with Gasteiger partial charge in [0.2, 0.25) is 0 Å². The molecule has 1 aromatic heterocycles. The lowest BCUT2D eigenvalue weighted by Gasteiger charge is -2.06. The van der Waals surface area contributed by atoms with Gasteiger partial charge in [-0.25, -0.2) is 9.97 Å². The number of likely N-dealkylation sites (N-methyl/N-ethyl adjacent to an activating group) is 1. The topological polar surface area (TPSA) is 58.0 Å². The van der Waals surface area contributed by atoms with Crippen molar-refractivity contribution in [2.75, 3.05) is 13.6 Å². The van der Waals surface area contributed by atoms with Crippen LogP contribution in [0.1, 0.15) is 11.9 Å². The van der Waals surface area contributed by atoms with Gasteiger partial charge in [-0.15, -0.1) is 24.8 Å². The number of hydrogen-bond acceptors (Lipinski definition) is 4. The zero-order chi connectivity index (χ0) is 8.10. The summed E-state index contributed by atoms with van der Waals surface area (Å²) >= 11 is 0. The minimum Gasteiger partial charge on any atom is -0.384 e. The molecule has 0 amide bonds. The Hall–Kier alpha value is -0.420. The monoisotopic (exact) mass is 225 g/mol. The molecule has 4 nitrogen and oxygen atoms in total. The third kappa shape index (κ3) is 5.00. The van der Waals surface area contributed by atoms with Crippen LogP contribution in [0, 0.1) is 0 Å². The molecule has 0 spiro atoms. The Morgan fingerprint density at radius 2 is 1.92 bits per heavy atom. The second-order valence-electron chi connectivity index (χ2n) is 2.18. The number of rotatable bonds is 3. The van der Waals surface area contributed by atoms with E-state index in [4.69, 9.17) is 0 Å². The van der Waals surface area contributed by atoms with Crippen LogP contribution in [0.3, 0.4) is 0 Å². The van der Waals surface area contributed by atoms with Crippen molar-refractivity contribution in [1.29, 1.82) is 0 Å². The fourth-order valence-electron chi connectivity index (χ4n) is 0.767. The molecule has 1 rings (SSSR count). The number of aromatic nitrogens is 2. The van der Waals surface area contributed by atoms with Gasteiger partial charge in [-0.2, -0.15) is 0 Å². The number of aliphatic hydroxyl groups excluding tert-OH is 1. The Kier molecular flexibility index (Phi) is 9.50. The van der Waals surface area contributed by atoms with Gasteiger partial charge in [0.25, 0.3) is 0 Å². The van der Waals surface area contributed by atoms with Crippen molar-refractivity contribution in [3.05, 3.63) is 24.3 Å². The van der Waals surface area contributed by atoms with E-state index in [0.717, 1.165) is 0 Å². The Balaban J connectivity index is 0. The fraction of sp³-hybridized carbons (Fsp3) is 0.429. The Morgan fingerprint density at radius 1 is 1.38 bits per heavy atom. The second kappa shape index (κ2) is 8.19. The Labute approximate surface area is 89.6 Å². The maximum absolute atomic E-state index is 9.33. The van der Waals surface area contributed by atoms with Gasteiger partial charge in [-0.05, 0) is 13.1 Å². The predicted octanol–water partition coefficient (Wildman–Crippen LogP) is 0.573. The molecule has 0 saturated heterocycles. The molecule has 1 heterocycles. The molecule has 0 aromatic carbocycles. The van der Waals surface area contributed by atoms with Gasteiger partial charge in [0.1, 0.15) is 6.10 Å². The minimum atomic E-state index is -0.610. The molecular weight excluding hydrogens is 213 g/mol. The molecule has 76 valence electrons. The first-order valence-corrected chi connectivity index (χ1v) is 3.44. The number of hydrogen-bond donors (Lipinski definition) is 2. The average Bonchev–Trinajstić information content (AvgIpc) is 2.07. The summed E-state index contributed by atoms with van der Waals surface area (Å²) in [7, 11) is 1.77. The highest BCUT2D eigenvalue weighted by atomic mass is 35.5. The summed E-state index contributed by atoms with van der Waals surface area (Å²) < 4.78 is 0. The van der Waals surface area contributed by atoms with Gasteiger partial charge in [0.15, 0.2) is 5.82 Å². The van der Waals surface area contributed by atoms with Crippen LogP contribution >= 0.6 is 24.8 Å². The number of nitrogens with one attached hydrogen (secondary N) is 1. The van der Waals surface area contributed by atoms with Gasteiger partial charge in [0, 0.05) is 18.9 Å². The third-order valence-electron chi connectivity index (χ3n) is 1.28. The molecule has 0 fully saturated rings. The minimum absolute atomic E-state index is 0. The van der Waals surface area contributed by atoms with Gasteiger partial charge < -0.3 is 10.4 Å². The van der Waals surface area contributed by atoms with Crippen molar-refractivity contribution < 1.29 is 5.11 Å². The molecule has 0 unspecified atom stereocenters. The predicted molar refractivity (Wildman–Crippen MR) is 55.4 cm³/mol. The van der Waals surface area contributed by atoms with Crippen LogP contribution in [0.25, 0.3) is 0 Å². The summed E-state index contributed by atoms with van der Waals surface area (Å²) in [6, 6.07) is 1.72. The van der Waals surface area contributed by atoms with Crippen molar-refractivity contribution >= 4 is 24.8 Å². The van der Waals surface area contributed by atoms with E-state index in [1.807, 2.05) is 0 Å². The van der Waals surface area contributed by atoms with Crippen molar-refractivity contribution in [1.82, 2.24) is 15.3 Å².